The second kappa shape index (κ2) is 10.2. The maximum atomic E-state index is 5.96. The SMILES string of the molecule is CCNC(=NCc1ccc(OCC)c(OC)c1)N1CCOC(c2cnn(C)c2)C1. The lowest BCUT2D eigenvalue weighted by Crippen LogP contribution is -2.48. The van der Waals surface area contributed by atoms with Crippen molar-refractivity contribution in [3.8, 4) is 11.5 Å². The fourth-order valence-corrected chi connectivity index (χ4v) is 3.33. The first-order valence-corrected chi connectivity index (χ1v) is 10.1. The number of hydrogen-bond acceptors (Lipinski definition) is 5. The smallest absolute Gasteiger partial charge is 0.194 e. The van der Waals surface area contributed by atoms with E-state index in [2.05, 4.69) is 22.2 Å². The summed E-state index contributed by atoms with van der Waals surface area (Å²) in [6, 6.07) is 5.95. The summed E-state index contributed by atoms with van der Waals surface area (Å²) in [4.78, 5) is 7.10. The summed E-state index contributed by atoms with van der Waals surface area (Å²) in [7, 11) is 3.57. The normalized spacial score (nSPS) is 17.3. The summed E-state index contributed by atoms with van der Waals surface area (Å²) in [5, 5.41) is 7.66. The van der Waals surface area contributed by atoms with Gasteiger partial charge in [0.1, 0.15) is 6.10 Å². The Morgan fingerprint density at radius 1 is 1.34 bits per heavy atom. The summed E-state index contributed by atoms with van der Waals surface area (Å²) < 4.78 is 18.8. The van der Waals surface area contributed by atoms with Crippen LogP contribution in [-0.4, -0.2) is 60.6 Å². The highest BCUT2D eigenvalue weighted by Gasteiger charge is 2.25. The summed E-state index contributed by atoms with van der Waals surface area (Å²) in [6.45, 7) is 8.20. The molecule has 1 fully saturated rings. The van der Waals surface area contributed by atoms with E-state index in [4.69, 9.17) is 19.2 Å². The molecule has 1 aliphatic rings. The molecule has 0 saturated carbocycles. The first-order chi connectivity index (χ1) is 14.1. The van der Waals surface area contributed by atoms with Crippen molar-refractivity contribution in [2.24, 2.45) is 12.0 Å². The van der Waals surface area contributed by atoms with E-state index in [0.717, 1.165) is 48.2 Å². The number of methoxy groups -OCH3 is 1. The van der Waals surface area contributed by atoms with Gasteiger partial charge in [0, 0.05) is 31.9 Å². The average Bonchev–Trinajstić information content (AvgIpc) is 3.18. The second-order valence-corrected chi connectivity index (χ2v) is 6.84. The predicted molar refractivity (Wildman–Crippen MR) is 112 cm³/mol. The van der Waals surface area contributed by atoms with Gasteiger partial charge in [-0.2, -0.15) is 5.10 Å². The molecular weight excluding hydrogens is 370 g/mol. The Morgan fingerprint density at radius 3 is 2.90 bits per heavy atom. The van der Waals surface area contributed by atoms with E-state index in [9.17, 15) is 0 Å². The van der Waals surface area contributed by atoms with E-state index in [1.807, 2.05) is 44.6 Å². The molecule has 0 radical (unpaired) electrons. The monoisotopic (exact) mass is 401 g/mol. The molecule has 1 N–H and O–H groups in total. The van der Waals surface area contributed by atoms with Crippen LogP contribution in [0.15, 0.2) is 35.6 Å². The number of guanidine groups is 1. The molecule has 8 nitrogen and oxygen atoms in total. The Balaban J connectivity index is 1.72. The molecule has 0 aliphatic carbocycles. The molecule has 1 aromatic carbocycles. The lowest BCUT2D eigenvalue weighted by molar-refractivity contribution is -0.00805. The molecule has 1 aromatic heterocycles. The number of rotatable bonds is 7. The highest BCUT2D eigenvalue weighted by atomic mass is 16.5. The van der Waals surface area contributed by atoms with E-state index in [0.29, 0.717) is 19.8 Å². The molecule has 8 heteroatoms. The number of ether oxygens (including phenoxy) is 3. The number of nitrogens with zero attached hydrogens (tertiary/aromatic N) is 4. The number of nitrogens with one attached hydrogen (secondary N) is 1. The third kappa shape index (κ3) is 5.41. The van der Waals surface area contributed by atoms with Crippen molar-refractivity contribution in [3.05, 3.63) is 41.7 Å². The Bertz CT molecular complexity index is 820. The zero-order chi connectivity index (χ0) is 20.6. The number of aryl methyl sites for hydroxylation is 1. The van der Waals surface area contributed by atoms with Crippen LogP contribution in [-0.2, 0) is 18.3 Å². The van der Waals surface area contributed by atoms with Gasteiger partial charge in [-0.1, -0.05) is 6.07 Å². The molecule has 0 amide bonds. The lowest BCUT2D eigenvalue weighted by Gasteiger charge is -2.34. The molecule has 0 bridgehead atoms. The minimum atomic E-state index is -0.00752. The van der Waals surface area contributed by atoms with Crippen LogP contribution < -0.4 is 14.8 Å². The van der Waals surface area contributed by atoms with Gasteiger partial charge in [0.15, 0.2) is 17.5 Å². The van der Waals surface area contributed by atoms with Gasteiger partial charge < -0.3 is 24.4 Å². The van der Waals surface area contributed by atoms with Gasteiger partial charge in [-0.05, 0) is 31.5 Å². The van der Waals surface area contributed by atoms with Gasteiger partial charge >= 0.3 is 0 Å². The Kier molecular flexibility index (Phi) is 7.35. The standard InChI is InChI=1S/C21H31N5O3/c1-5-22-21(23-12-16-7-8-18(28-6-2)19(11-16)27-4)26-9-10-29-20(15-26)17-13-24-25(3)14-17/h7-8,11,13-14,20H,5-6,9-10,12,15H2,1-4H3,(H,22,23). The Labute approximate surface area is 172 Å². The van der Waals surface area contributed by atoms with E-state index in [-0.39, 0.29) is 6.10 Å². The van der Waals surface area contributed by atoms with Crippen LogP contribution in [0.5, 0.6) is 11.5 Å². The largest absolute Gasteiger partial charge is 0.493 e. The van der Waals surface area contributed by atoms with Crippen molar-refractivity contribution < 1.29 is 14.2 Å². The highest BCUT2D eigenvalue weighted by Crippen LogP contribution is 2.28. The highest BCUT2D eigenvalue weighted by molar-refractivity contribution is 5.80. The van der Waals surface area contributed by atoms with Gasteiger partial charge in [-0.15, -0.1) is 0 Å². The van der Waals surface area contributed by atoms with Crippen molar-refractivity contribution in [3.63, 3.8) is 0 Å². The van der Waals surface area contributed by atoms with Gasteiger partial charge in [0.2, 0.25) is 0 Å². The lowest BCUT2D eigenvalue weighted by atomic mass is 10.1. The van der Waals surface area contributed by atoms with Crippen LogP contribution in [0.3, 0.4) is 0 Å². The van der Waals surface area contributed by atoms with Crippen molar-refractivity contribution in [2.45, 2.75) is 26.5 Å². The number of aliphatic imine (C=N–C) groups is 1. The minimum Gasteiger partial charge on any atom is -0.493 e. The van der Waals surface area contributed by atoms with E-state index >= 15 is 0 Å². The molecule has 29 heavy (non-hydrogen) atoms. The molecule has 0 spiro atoms. The quantitative estimate of drug-likeness (QED) is 0.567. The van der Waals surface area contributed by atoms with Gasteiger partial charge in [-0.3, -0.25) is 4.68 Å². The first-order valence-electron chi connectivity index (χ1n) is 10.1. The fourth-order valence-electron chi connectivity index (χ4n) is 3.33. The second-order valence-electron chi connectivity index (χ2n) is 6.84. The van der Waals surface area contributed by atoms with Crippen molar-refractivity contribution >= 4 is 5.96 Å². The first kappa shape index (κ1) is 21.0. The molecule has 1 aliphatic heterocycles. The molecule has 1 atom stereocenters. The van der Waals surface area contributed by atoms with Crippen molar-refractivity contribution in [2.75, 3.05) is 40.0 Å². The van der Waals surface area contributed by atoms with Crippen LogP contribution in [0.1, 0.15) is 31.1 Å². The van der Waals surface area contributed by atoms with Crippen LogP contribution in [0.25, 0.3) is 0 Å². The summed E-state index contributed by atoms with van der Waals surface area (Å²) in [5.41, 5.74) is 2.15. The Morgan fingerprint density at radius 2 is 2.21 bits per heavy atom. The molecule has 2 heterocycles. The van der Waals surface area contributed by atoms with E-state index < -0.39 is 0 Å². The topological polar surface area (TPSA) is 73.1 Å². The maximum Gasteiger partial charge on any atom is 0.194 e. The van der Waals surface area contributed by atoms with Gasteiger partial charge in [0.05, 0.1) is 39.6 Å². The molecule has 1 unspecified atom stereocenters. The molecule has 158 valence electrons. The van der Waals surface area contributed by atoms with E-state index in [1.54, 1.807) is 11.8 Å². The summed E-state index contributed by atoms with van der Waals surface area (Å²) >= 11 is 0. The van der Waals surface area contributed by atoms with E-state index in [1.165, 1.54) is 0 Å². The van der Waals surface area contributed by atoms with Gasteiger partial charge in [-0.25, -0.2) is 4.99 Å². The number of hydrogen-bond donors (Lipinski definition) is 1. The maximum absolute atomic E-state index is 5.96. The van der Waals surface area contributed by atoms with Crippen LogP contribution in [0.2, 0.25) is 0 Å². The summed E-state index contributed by atoms with van der Waals surface area (Å²) in [6.07, 6.45) is 3.86. The molecule has 3 rings (SSSR count). The van der Waals surface area contributed by atoms with Crippen molar-refractivity contribution in [1.29, 1.82) is 0 Å². The fraction of sp³-hybridized carbons (Fsp3) is 0.524. The zero-order valence-electron chi connectivity index (χ0n) is 17.7. The van der Waals surface area contributed by atoms with Gasteiger partial charge in [0.25, 0.3) is 0 Å². The number of aromatic nitrogens is 2. The molecule has 2 aromatic rings. The average molecular weight is 402 g/mol. The third-order valence-corrected chi connectivity index (χ3v) is 4.74. The predicted octanol–water partition coefficient (Wildman–Crippen LogP) is 2.37. The van der Waals surface area contributed by atoms with Crippen molar-refractivity contribution in [1.82, 2.24) is 20.0 Å². The number of benzene rings is 1. The zero-order valence-corrected chi connectivity index (χ0v) is 17.7. The van der Waals surface area contributed by atoms with Crippen LogP contribution >= 0.6 is 0 Å². The molecular formula is C21H31N5O3. The minimum absolute atomic E-state index is 0.00752. The van der Waals surface area contributed by atoms with Crippen LogP contribution in [0.4, 0.5) is 0 Å². The Hall–Kier alpha value is -2.74. The number of morpholine rings is 1. The summed E-state index contributed by atoms with van der Waals surface area (Å²) in [5.74, 6) is 2.37. The third-order valence-electron chi connectivity index (χ3n) is 4.74. The van der Waals surface area contributed by atoms with Crippen LogP contribution in [0, 0.1) is 0 Å². The molecule has 1 saturated heterocycles.